The first-order chi connectivity index (χ1) is 11.5. The SMILES string of the molecule is CCNC(=NCc1cc(C(C)C)no1)NC(C)c1ccccc1Br.I. The van der Waals surface area contributed by atoms with Gasteiger partial charge in [-0.05, 0) is 31.4 Å². The highest BCUT2D eigenvalue weighted by molar-refractivity contribution is 14.0. The molecule has 138 valence electrons. The van der Waals surface area contributed by atoms with Crippen molar-refractivity contribution in [3.8, 4) is 0 Å². The molecule has 0 spiro atoms. The number of halogens is 2. The van der Waals surface area contributed by atoms with Crippen molar-refractivity contribution in [1.82, 2.24) is 15.8 Å². The lowest BCUT2D eigenvalue weighted by Gasteiger charge is -2.19. The molecule has 2 N–H and O–H groups in total. The normalized spacial score (nSPS) is 12.6. The summed E-state index contributed by atoms with van der Waals surface area (Å²) >= 11 is 3.59. The molecule has 0 fully saturated rings. The third-order valence-corrected chi connectivity index (χ3v) is 4.35. The van der Waals surface area contributed by atoms with Gasteiger partial charge in [-0.1, -0.05) is 53.1 Å². The lowest BCUT2D eigenvalue weighted by Crippen LogP contribution is -2.38. The van der Waals surface area contributed by atoms with Gasteiger partial charge in [0.1, 0.15) is 6.54 Å². The summed E-state index contributed by atoms with van der Waals surface area (Å²) in [6.45, 7) is 9.59. The van der Waals surface area contributed by atoms with Crippen LogP contribution in [0.4, 0.5) is 0 Å². The molecule has 2 aromatic rings. The zero-order chi connectivity index (χ0) is 17.5. The number of rotatable bonds is 6. The Kier molecular flexibility index (Phi) is 9.48. The van der Waals surface area contributed by atoms with Crippen LogP contribution in [0.2, 0.25) is 0 Å². The maximum absolute atomic E-state index is 5.34. The van der Waals surface area contributed by atoms with Crippen LogP contribution in [0.3, 0.4) is 0 Å². The average molecular weight is 521 g/mol. The topological polar surface area (TPSA) is 62.5 Å². The Morgan fingerprint density at radius 2 is 2.00 bits per heavy atom. The highest BCUT2D eigenvalue weighted by atomic mass is 127. The van der Waals surface area contributed by atoms with Crippen LogP contribution in [0.5, 0.6) is 0 Å². The van der Waals surface area contributed by atoms with E-state index >= 15 is 0 Å². The maximum Gasteiger partial charge on any atom is 0.192 e. The van der Waals surface area contributed by atoms with Crippen LogP contribution in [0, 0.1) is 0 Å². The molecule has 7 heteroatoms. The van der Waals surface area contributed by atoms with Gasteiger partial charge in [-0.15, -0.1) is 24.0 Å². The van der Waals surface area contributed by atoms with Crippen molar-refractivity contribution in [2.75, 3.05) is 6.54 Å². The van der Waals surface area contributed by atoms with Crippen LogP contribution in [0.1, 0.15) is 56.7 Å². The summed E-state index contributed by atoms with van der Waals surface area (Å²) in [5.74, 6) is 1.88. The van der Waals surface area contributed by atoms with E-state index in [0.29, 0.717) is 12.5 Å². The van der Waals surface area contributed by atoms with Crippen LogP contribution in [0.25, 0.3) is 0 Å². The summed E-state index contributed by atoms with van der Waals surface area (Å²) in [4.78, 5) is 4.60. The Bertz CT molecular complexity index is 687. The fourth-order valence-electron chi connectivity index (χ4n) is 2.26. The molecule has 0 radical (unpaired) electrons. The molecule has 0 aliphatic rings. The Morgan fingerprint density at radius 3 is 2.60 bits per heavy atom. The molecule has 0 aliphatic heterocycles. The van der Waals surface area contributed by atoms with E-state index in [9.17, 15) is 0 Å². The van der Waals surface area contributed by atoms with Crippen molar-refractivity contribution in [3.05, 3.63) is 51.8 Å². The average Bonchev–Trinajstić information content (AvgIpc) is 3.02. The van der Waals surface area contributed by atoms with Crippen molar-refractivity contribution in [3.63, 3.8) is 0 Å². The zero-order valence-electron chi connectivity index (χ0n) is 15.0. The second-order valence-electron chi connectivity index (χ2n) is 5.96. The van der Waals surface area contributed by atoms with Crippen LogP contribution in [0.15, 0.2) is 44.3 Å². The number of aliphatic imine (C=N–C) groups is 1. The van der Waals surface area contributed by atoms with E-state index in [1.165, 1.54) is 5.56 Å². The zero-order valence-corrected chi connectivity index (χ0v) is 19.0. The molecule has 1 aromatic heterocycles. The lowest BCUT2D eigenvalue weighted by atomic mass is 10.1. The van der Waals surface area contributed by atoms with Crippen LogP contribution in [-0.4, -0.2) is 17.7 Å². The fourth-order valence-corrected chi connectivity index (χ4v) is 2.89. The van der Waals surface area contributed by atoms with Crippen molar-refractivity contribution >= 4 is 45.9 Å². The number of nitrogens with zero attached hydrogens (tertiary/aromatic N) is 2. The van der Waals surface area contributed by atoms with Gasteiger partial charge in [-0.25, -0.2) is 4.99 Å². The molecule has 25 heavy (non-hydrogen) atoms. The van der Waals surface area contributed by atoms with Crippen molar-refractivity contribution < 1.29 is 4.52 Å². The summed E-state index contributed by atoms with van der Waals surface area (Å²) in [5.41, 5.74) is 2.14. The number of nitrogens with one attached hydrogen (secondary N) is 2. The van der Waals surface area contributed by atoms with Gasteiger partial charge in [0.15, 0.2) is 11.7 Å². The van der Waals surface area contributed by atoms with Crippen LogP contribution < -0.4 is 10.6 Å². The van der Waals surface area contributed by atoms with Gasteiger partial charge < -0.3 is 15.2 Å². The summed E-state index contributed by atoms with van der Waals surface area (Å²) in [7, 11) is 0. The van der Waals surface area contributed by atoms with Gasteiger partial charge in [-0.3, -0.25) is 0 Å². The first kappa shape index (κ1) is 22.0. The molecule has 0 saturated carbocycles. The Balaban J connectivity index is 0.00000312. The first-order valence-electron chi connectivity index (χ1n) is 8.26. The fraction of sp³-hybridized carbons (Fsp3) is 0.444. The predicted molar refractivity (Wildman–Crippen MR) is 117 cm³/mol. The van der Waals surface area contributed by atoms with Gasteiger partial charge >= 0.3 is 0 Å². The molecular formula is C18H26BrIN4O. The standard InChI is InChI=1S/C18H25BrN4O.HI/c1-5-20-18(21-11-14-10-17(12(2)3)23-24-14)22-13(4)15-8-6-7-9-16(15)19;/h6-10,12-13H,5,11H2,1-4H3,(H2,20,21,22);1H. The Morgan fingerprint density at radius 1 is 1.28 bits per heavy atom. The van der Waals surface area contributed by atoms with Crippen molar-refractivity contribution in [2.45, 2.75) is 46.2 Å². The molecule has 1 unspecified atom stereocenters. The number of hydrogen-bond donors (Lipinski definition) is 2. The molecule has 1 atom stereocenters. The van der Waals surface area contributed by atoms with E-state index in [1.807, 2.05) is 31.2 Å². The number of benzene rings is 1. The predicted octanol–water partition coefficient (Wildman–Crippen LogP) is 4.99. The molecule has 0 aliphatic carbocycles. The highest BCUT2D eigenvalue weighted by Gasteiger charge is 2.11. The van der Waals surface area contributed by atoms with E-state index in [1.54, 1.807) is 0 Å². The van der Waals surface area contributed by atoms with E-state index in [0.717, 1.165) is 28.4 Å². The molecular weight excluding hydrogens is 495 g/mol. The van der Waals surface area contributed by atoms with Gasteiger partial charge in [0.25, 0.3) is 0 Å². The largest absolute Gasteiger partial charge is 0.359 e. The van der Waals surface area contributed by atoms with E-state index in [-0.39, 0.29) is 30.0 Å². The Hall–Kier alpha value is -1.09. The van der Waals surface area contributed by atoms with Crippen molar-refractivity contribution in [2.24, 2.45) is 4.99 Å². The molecule has 0 bridgehead atoms. The highest BCUT2D eigenvalue weighted by Crippen LogP contribution is 2.22. The number of aromatic nitrogens is 1. The molecule has 5 nitrogen and oxygen atoms in total. The Labute approximate surface area is 175 Å². The minimum Gasteiger partial charge on any atom is -0.359 e. The third kappa shape index (κ3) is 6.62. The quantitative estimate of drug-likeness (QED) is 0.320. The lowest BCUT2D eigenvalue weighted by molar-refractivity contribution is 0.376. The maximum atomic E-state index is 5.34. The van der Waals surface area contributed by atoms with Gasteiger partial charge in [0.05, 0.1) is 11.7 Å². The summed E-state index contributed by atoms with van der Waals surface area (Å²) in [6.07, 6.45) is 0. The summed E-state index contributed by atoms with van der Waals surface area (Å²) in [5, 5.41) is 10.8. The van der Waals surface area contributed by atoms with Gasteiger partial charge in [0.2, 0.25) is 0 Å². The molecule has 1 heterocycles. The van der Waals surface area contributed by atoms with E-state index < -0.39 is 0 Å². The molecule has 0 amide bonds. The van der Waals surface area contributed by atoms with E-state index in [2.05, 4.69) is 63.6 Å². The van der Waals surface area contributed by atoms with Gasteiger partial charge in [0, 0.05) is 17.1 Å². The number of guanidine groups is 1. The smallest absolute Gasteiger partial charge is 0.192 e. The van der Waals surface area contributed by atoms with Crippen LogP contribution >= 0.6 is 39.9 Å². The number of hydrogen-bond acceptors (Lipinski definition) is 3. The molecule has 0 saturated heterocycles. The molecule has 2 rings (SSSR count). The third-order valence-electron chi connectivity index (χ3n) is 3.63. The van der Waals surface area contributed by atoms with Crippen LogP contribution in [-0.2, 0) is 6.54 Å². The summed E-state index contributed by atoms with van der Waals surface area (Å²) in [6, 6.07) is 10.3. The molecule has 1 aromatic carbocycles. The monoisotopic (exact) mass is 520 g/mol. The van der Waals surface area contributed by atoms with Gasteiger partial charge in [-0.2, -0.15) is 0 Å². The van der Waals surface area contributed by atoms with E-state index in [4.69, 9.17) is 4.52 Å². The first-order valence-corrected chi connectivity index (χ1v) is 9.05. The second-order valence-corrected chi connectivity index (χ2v) is 6.81. The van der Waals surface area contributed by atoms with Crippen molar-refractivity contribution in [1.29, 1.82) is 0 Å². The minimum absolute atomic E-state index is 0. The second kappa shape index (κ2) is 10.8. The minimum atomic E-state index is 0. The summed E-state index contributed by atoms with van der Waals surface area (Å²) < 4.78 is 6.42.